The Bertz CT molecular complexity index is 627. The Kier molecular flexibility index (Phi) is 3.41. The average Bonchev–Trinajstić information content (AvgIpc) is 2.86. The molecule has 0 aromatic carbocycles. The van der Waals surface area contributed by atoms with Crippen molar-refractivity contribution in [3.8, 4) is 0 Å². The highest BCUT2D eigenvalue weighted by Gasteiger charge is 2.38. The van der Waals surface area contributed by atoms with E-state index in [1.54, 1.807) is 6.08 Å². The number of aromatic nitrogens is 1. The maximum absolute atomic E-state index is 12.7. The Labute approximate surface area is 118 Å². The van der Waals surface area contributed by atoms with Crippen LogP contribution >= 0.6 is 0 Å². The number of hydrogen-bond acceptors (Lipinski definition) is 3. The third-order valence-corrected chi connectivity index (χ3v) is 3.77. The summed E-state index contributed by atoms with van der Waals surface area (Å²) in [5, 5.41) is 0. The molecular formula is C14H14F3NO3. The van der Waals surface area contributed by atoms with E-state index in [4.69, 9.17) is 9.47 Å². The standard InChI is InChI=1S/C14H14F3NO3/c15-14(16,17)10-7-11(18-12(19)8-10)9-1-3-13(4-2-9)20-5-6-21-13/h1,7-8H,2-6H2,(H,18,19). The van der Waals surface area contributed by atoms with Gasteiger partial charge in [-0.25, -0.2) is 0 Å². The maximum Gasteiger partial charge on any atom is 0.416 e. The first-order chi connectivity index (χ1) is 9.88. The van der Waals surface area contributed by atoms with Gasteiger partial charge in [0.2, 0.25) is 5.56 Å². The van der Waals surface area contributed by atoms with Crippen molar-refractivity contribution in [1.82, 2.24) is 4.98 Å². The predicted molar refractivity (Wildman–Crippen MR) is 68.5 cm³/mol. The summed E-state index contributed by atoms with van der Waals surface area (Å²) in [5.74, 6) is -0.633. The molecule has 2 aliphatic rings. The number of ether oxygens (including phenoxy) is 2. The molecule has 1 aromatic rings. The Morgan fingerprint density at radius 1 is 1.19 bits per heavy atom. The fourth-order valence-corrected chi connectivity index (χ4v) is 2.69. The zero-order valence-corrected chi connectivity index (χ0v) is 11.1. The van der Waals surface area contributed by atoms with Crippen LogP contribution in [0.3, 0.4) is 0 Å². The SMILES string of the molecule is O=c1cc(C(F)(F)F)cc(C2=CCC3(CC2)OCCO3)[nH]1. The van der Waals surface area contributed by atoms with Crippen molar-refractivity contribution in [2.75, 3.05) is 13.2 Å². The van der Waals surface area contributed by atoms with Gasteiger partial charge in [0.05, 0.1) is 18.8 Å². The van der Waals surface area contributed by atoms with Crippen LogP contribution in [0.5, 0.6) is 0 Å². The van der Waals surface area contributed by atoms with Crippen molar-refractivity contribution in [3.63, 3.8) is 0 Å². The summed E-state index contributed by atoms with van der Waals surface area (Å²) >= 11 is 0. The molecule has 1 fully saturated rings. The maximum atomic E-state index is 12.7. The molecular weight excluding hydrogens is 287 g/mol. The van der Waals surface area contributed by atoms with Crippen LogP contribution in [-0.4, -0.2) is 24.0 Å². The number of nitrogens with one attached hydrogen (secondary N) is 1. The molecule has 4 nitrogen and oxygen atoms in total. The summed E-state index contributed by atoms with van der Waals surface area (Å²) < 4.78 is 49.3. The van der Waals surface area contributed by atoms with Crippen molar-refractivity contribution >= 4 is 5.57 Å². The van der Waals surface area contributed by atoms with E-state index in [1.165, 1.54) is 0 Å². The van der Waals surface area contributed by atoms with Gasteiger partial charge in [0.15, 0.2) is 5.79 Å². The van der Waals surface area contributed by atoms with Crippen LogP contribution < -0.4 is 5.56 Å². The monoisotopic (exact) mass is 301 g/mol. The summed E-state index contributed by atoms with van der Waals surface area (Å²) in [4.78, 5) is 13.9. The molecule has 1 aromatic heterocycles. The molecule has 7 heteroatoms. The minimum atomic E-state index is -4.53. The number of hydrogen-bond donors (Lipinski definition) is 1. The number of allylic oxidation sites excluding steroid dienone is 1. The molecule has 0 amide bonds. The second kappa shape index (κ2) is 4.99. The van der Waals surface area contributed by atoms with E-state index in [9.17, 15) is 18.0 Å². The second-order valence-electron chi connectivity index (χ2n) is 5.19. The predicted octanol–water partition coefficient (Wildman–Crippen LogP) is 2.70. The van der Waals surface area contributed by atoms with E-state index in [2.05, 4.69) is 4.98 Å². The lowest BCUT2D eigenvalue weighted by atomic mass is 9.91. The lowest BCUT2D eigenvalue weighted by Crippen LogP contribution is -2.31. The zero-order chi connectivity index (χ0) is 15.1. The molecule has 1 N–H and O–H groups in total. The molecule has 1 aliphatic heterocycles. The third-order valence-electron chi connectivity index (χ3n) is 3.77. The molecule has 3 rings (SSSR count). The number of alkyl halides is 3. The van der Waals surface area contributed by atoms with Gasteiger partial charge in [-0.15, -0.1) is 0 Å². The Morgan fingerprint density at radius 3 is 2.48 bits per heavy atom. The van der Waals surface area contributed by atoms with Crippen molar-refractivity contribution < 1.29 is 22.6 Å². The normalized spacial score (nSPS) is 21.6. The summed E-state index contributed by atoms with van der Waals surface area (Å²) in [6.45, 7) is 1.06. The van der Waals surface area contributed by atoms with Gasteiger partial charge in [-0.05, 0) is 18.1 Å². The van der Waals surface area contributed by atoms with Crippen LogP contribution in [0.1, 0.15) is 30.5 Å². The molecule has 1 saturated heterocycles. The topological polar surface area (TPSA) is 51.3 Å². The first-order valence-corrected chi connectivity index (χ1v) is 6.67. The fourth-order valence-electron chi connectivity index (χ4n) is 2.69. The number of H-pyrrole nitrogens is 1. The molecule has 0 atom stereocenters. The van der Waals surface area contributed by atoms with Crippen LogP contribution in [0, 0.1) is 0 Å². The van der Waals surface area contributed by atoms with E-state index in [0.29, 0.717) is 44.1 Å². The van der Waals surface area contributed by atoms with Gasteiger partial charge < -0.3 is 14.5 Å². The third kappa shape index (κ3) is 2.89. The van der Waals surface area contributed by atoms with Gasteiger partial charge in [0.1, 0.15) is 0 Å². The van der Waals surface area contributed by atoms with Gasteiger partial charge in [-0.2, -0.15) is 13.2 Å². The largest absolute Gasteiger partial charge is 0.416 e. The van der Waals surface area contributed by atoms with Crippen LogP contribution in [-0.2, 0) is 15.7 Å². The minimum absolute atomic E-state index is 0.211. The van der Waals surface area contributed by atoms with E-state index in [-0.39, 0.29) is 5.69 Å². The summed E-state index contributed by atoms with van der Waals surface area (Å²) in [6.07, 6.45) is -1.22. The van der Waals surface area contributed by atoms with Crippen LogP contribution in [0.4, 0.5) is 13.2 Å². The minimum Gasteiger partial charge on any atom is -0.347 e. The number of pyridine rings is 1. The smallest absolute Gasteiger partial charge is 0.347 e. The Hall–Kier alpha value is -1.60. The summed E-state index contributed by atoms with van der Waals surface area (Å²) in [7, 11) is 0. The lowest BCUT2D eigenvalue weighted by molar-refractivity contribution is -0.159. The molecule has 0 saturated carbocycles. The average molecular weight is 301 g/mol. The first kappa shape index (κ1) is 14.3. The Balaban J connectivity index is 1.89. The van der Waals surface area contributed by atoms with Gasteiger partial charge in [0, 0.05) is 24.6 Å². The molecule has 1 aliphatic carbocycles. The molecule has 1 spiro atoms. The molecule has 0 bridgehead atoms. The molecule has 21 heavy (non-hydrogen) atoms. The van der Waals surface area contributed by atoms with Crippen LogP contribution in [0.15, 0.2) is 23.0 Å². The first-order valence-electron chi connectivity index (χ1n) is 6.67. The Morgan fingerprint density at radius 2 is 1.90 bits per heavy atom. The highest BCUT2D eigenvalue weighted by molar-refractivity contribution is 5.64. The van der Waals surface area contributed by atoms with Crippen molar-refractivity contribution in [2.45, 2.75) is 31.2 Å². The molecule has 114 valence electrons. The summed E-state index contributed by atoms with van der Waals surface area (Å²) in [5.41, 5.74) is -0.796. The van der Waals surface area contributed by atoms with Crippen molar-refractivity contribution in [1.29, 1.82) is 0 Å². The van der Waals surface area contributed by atoms with E-state index < -0.39 is 23.1 Å². The number of rotatable bonds is 1. The molecule has 2 heterocycles. The molecule has 0 unspecified atom stereocenters. The second-order valence-corrected chi connectivity index (χ2v) is 5.19. The van der Waals surface area contributed by atoms with Crippen LogP contribution in [0.2, 0.25) is 0 Å². The lowest BCUT2D eigenvalue weighted by Gasteiger charge is -2.30. The van der Waals surface area contributed by atoms with Crippen LogP contribution in [0.25, 0.3) is 5.57 Å². The quantitative estimate of drug-likeness (QED) is 0.867. The zero-order valence-electron chi connectivity index (χ0n) is 11.1. The highest BCUT2D eigenvalue weighted by Crippen LogP contribution is 2.38. The number of halogens is 3. The summed E-state index contributed by atoms with van der Waals surface area (Å²) in [6, 6.07) is 1.54. The van der Waals surface area contributed by atoms with Crippen molar-refractivity contribution in [3.05, 3.63) is 39.8 Å². The van der Waals surface area contributed by atoms with Gasteiger partial charge in [-0.1, -0.05) is 6.08 Å². The van der Waals surface area contributed by atoms with Gasteiger partial charge in [-0.3, -0.25) is 4.79 Å². The van der Waals surface area contributed by atoms with Gasteiger partial charge in [0.25, 0.3) is 0 Å². The number of aromatic amines is 1. The van der Waals surface area contributed by atoms with E-state index >= 15 is 0 Å². The fraction of sp³-hybridized carbons (Fsp3) is 0.500. The van der Waals surface area contributed by atoms with E-state index in [1.807, 2.05) is 0 Å². The van der Waals surface area contributed by atoms with Crippen molar-refractivity contribution in [2.24, 2.45) is 0 Å². The highest BCUT2D eigenvalue weighted by atomic mass is 19.4. The van der Waals surface area contributed by atoms with Gasteiger partial charge >= 0.3 is 6.18 Å². The van der Waals surface area contributed by atoms with E-state index in [0.717, 1.165) is 6.07 Å². The molecule has 0 radical (unpaired) electrons.